The maximum absolute atomic E-state index is 12.9. The fourth-order valence-electron chi connectivity index (χ4n) is 3.49. The van der Waals surface area contributed by atoms with E-state index in [0.29, 0.717) is 23.7 Å². The van der Waals surface area contributed by atoms with Crippen molar-refractivity contribution in [3.05, 3.63) is 59.2 Å². The van der Waals surface area contributed by atoms with Gasteiger partial charge in [0.25, 0.3) is 5.91 Å². The second-order valence-corrected chi connectivity index (χ2v) is 7.76. The van der Waals surface area contributed by atoms with Crippen LogP contribution in [0.4, 0.5) is 11.4 Å². The van der Waals surface area contributed by atoms with Crippen LogP contribution in [0.5, 0.6) is 0 Å². The predicted octanol–water partition coefficient (Wildman–Crippen LogP) is 3.22. The van der Waals surface area contributed by atoms with Crippen LogP contribution >= 0.6 is 0 Å². The van der Waals surface area contributed by atoms with Crippen LogP contribution in [0.15, 0.2) is 42.5 Å². The number of methoxy groups -OCH3 is 1. The molecule has 1 aliphatic rings. The Labute approximate surface area is 172 Å². The molecule has 3 rings (SSSR count). The Balaban J connectivity index is 1.88. The van der Waals surface area contributed by atoms with Crippen molar-refractivity contribution in [2.45, 2.75) is 26.8 Å². The Kier molecular flexibility index (Phi) is 6.88. The van der Waals surface area contributed by atoms with Crippen molar-refractivity contribution in [1.82, 2.24) is 5.32 Å². The highest BCUT2D eigenvalue weighted by Crippen LogP contribution is 2.29. The van der Waals surface area contributed by atoms with Crippen LogP contribution in [0.2, 0.25) is 0 Å². The molecule has 2 N–H and O–H groups in total. The third-order valence-corrected chi connectivity index (χ3v) is 4.94. The van der Waals surface area contributed by atoms with E-state index in [0.717, 1.165) is 25.2 Å². The van der Waals surface area contributed by atoms with Crippen molar-refractivity contribution < 1.29 is 14.3 Å². The molecule has 0 spiro atoms. The van der Waals surface area contributed by atoms with Crippen LogP contribution in [0.3, 0.4) is 0 Å². The van der Waals surface area contributed by atoms with Gasteiger partial charge in [0.15, 0.2) is 0 Å². The number of nitrogens with zero attached hydrogens (tertiary/aromatic N) is 1. The minimum atomic E-state index is -0.249. The number of carbonyl (C=O) groups is 2. The third kappa shape index (κ3) is 5.35. The molecule has 0 fully saturated rings. The van der Waals surface area contributed by atoms with Crippen LogP contribution in [0.1, 0.15) is 35.3 Å². The number of benzene rings is 2. The number of nitrogens with one attached hydrogen (secondary N) is 2. The van der Waals surface area contributed by atoms with Crippen LogP contribution in [-0.4, -0.2) is 38.6 Å². The quantitative estimate of drug-likeness (QED) is 0.755. The van der Waals surface area contributed by atoms with E-state index in [2.05, 4.69) is 47.6 Å². The number of fused-ring (bicyclic) bond motifs is 1. The van der Waals surface area contributed by atoms with Crippen LogP contribution in [0, 0.1) is 5.92 Å². The molecule has 154 valence electrons. The molecule has 0 atom stereocenters. The summed E-state index contributed by atoms with van der Waals surface area (Å²) in [6, 6.07) is 13.9. The van der Waals surface area contributed by atoms with E-state index in [-0.39, 0.29) is 18.4 Å². The lowest BCUT2D eigenvalue weighted by molar-refractivity contribution is -0.119. The summed E-state index contributed by atoms with van der Waals surface area (Å²) in [4.78, 5) is 27.1. The summed E-state index contributed by atoms with van der Waals surface area (Å²) in [7, 11) is 1.47. The highest BCUT2D eigenvalue weighted by atomic mass is 16.5. The first-order valence-electron chi connectivity index (χ1n) is 10.0. The number of ether oxygens (including phenoxy) is 1. The molecule has 1 aliphatic heterocycles. The first-order valence-corrected chi connectivity index (χ1v) is 10.0. The van der Waals surface area contributed by atoms with Crippen molar-refractivity contribution in [1.29, 1.82) is 0 Å². The van der Waals surface area contributed by atoms with Gasteiger partial charge in [-0.15, -0.1) is 0 Å². The number of amides is 2. The molecule has 0 unspecified atom stereocenters. The SMILES string of the molecule is COCC(=O)Nc1ccc(N2CCc3ccccc3C2)c(C(=O)NCC(C)C)c1. The van der Waals surface area contributed by atoms with Gasteiger partial charge in [-0.05, 0) is 41.7 Å². The van der Waals surface area contributed by atoms with Crippen molar-refractivity contribution in [3.63, 3.8) is 0 Å². The van der Waals surface area contributed by atoms with Crippen molar-refractivity contribution >= 4 is 23.2 Å². The molecule has 6 heteroatoms. The lowest BCUT2D eigenvalue weighted by Gasteiger charge is -2.32. The Bertz CT molecular complexity index is 879. The molecule has 0 aromatic heterocycles. The van der Waals surface area contributed by atoms with Gasteiger partial charge in [0.2, 0.25) is 5.91 Å². The van der Waals surface area contributed by atoms with Gasteiger partial charge >= 0.3 is 0 Å². The second-order valence-electron chi connectivity index (χ2n) is 7.76. The molecule has 1 heterocycles. The molecule has 29 heavy (non-hydrogen) atoms. The van der Waals surface area contributed by atoms with Gasteiger partial charge in [0.05, 0.1) is 5.56 Å². The van der Waals surface area contributed by atoms with E-state index in [1.54, 1.807) is 6.07 Å². The first kappa shape index (κ1) is 20.9. The number of hydrogen-bond acceptors (Lipinski definition) is 4. The Hall–Kier alpha value is -2.86. The molecule has 6 nitrogen and oxygen atoms in total. The molecule has 2 aromatic carbocycles. The summed E-state index contributed by atoms with van der Waals surface area (Å²) < 4.78 is 4.87. The van der Waals surface area contributed by atoms with Crippen molar-refractivity contribution in [2.24, 2.45) is 5.92 Å². The maximum atomic E-state index is 12.9. The number of rotatable bonds is 7. The van der Waals surface area contributed by atoms with Crippen molar-refractivity contribution in [2.75, 3.05) is 37.0 Å². The van der Waals surface area contributed by atoms with Crippen LogP contribution in [0.25, 0.3) is 0 Å². The average Bonchev–Trinajstić information content (AvgIpc) is 2.71. The van der Waals surface area contributed by atoms with Crippen LogP contribution in [-0.2, 0) is 22.5 Å². The Morgan fingerprint density at radius 2 is 1.90 bits per heavy atom. The van der Waals surface area contributed by atoms with Gasteiger partial charge in [-0.3, -0.25) is 9.59 Å². The van der Waals surface area contributed by atoms with E-state index in [1.165, 1.54) is 18.2 Å². The van der Waals surface area contributed by atoms with E-state index < -0.39 is 0 Å². The van der Waals surface area contributed by atoms with Gasteiger partial charge < -0.3 is 20.3 Å². The van der Waals surface area contributed by atoms with E-state index in [4.69, 9.17) is 4.74 Å². The smallest absolute Gasteiger partial charge is 0.253 e. The van der Waals surface area contributed by atoms with Crippen LogP contribution < -0.4 is 15.5 Å². The van der Waals surface area contributed by atoms with Gasteiger partial charge in [-0.25, -0.2) is 0 Å². The fraction of sp³-hybridized carbons (Fsp3) is 0.391. The molecule has 2 aromatic rings. The molecular weight excluding hydrogens is 366 g/mol. The highest BCUT2D eigenvalue weighted by molar-refractivity contribution is 6.02. The van der Waals surface area contributed by atoms with Gasteiger partial charge in [-0.2, -0.15) is 0 Å². The monoisotopic (exact) mass is 395 g/mol. The van der Waals surface area contributed by atoms with E-state index >= 15 is 0 Å². The lowest BCUT2D eigenvalue weighted by Crippen LogP contribution is -2.34. The predicted molar refractivity (Wildman–Crippen MR) is 115 cm³/mol. The number of hydrogen-bond donors (Lipinski definition) is 2. The topological polar surface area (TPSA) is 70.7 Å². The zero-order chi connectivity index (χ0) is 20.8. The Morgan fingerprint density at radius 3 is 2.62 bits per heavy atom. The zero-order valence-electron chi connectivity index (χ0n) is 17.3. The highest BCUT2D eigenvalue weighted by Gasteiger charge is 2.22. The molecule has 2 amide bonds. The Morgan fingerprint density at radius 1 is 1.14 bits per heavy atom. The molecule has 0 radical (unpaired) electrons. The number of anilines is 2. The van der Waals surface area contributed by atoms with Gasteiger partial charge in [-0.1, -0.05) is 38.1 Å². The van der Waals surface area contributed by atoms with Crippen molar-refractivity contribution in [3.8, 4) is 0 Å². The van der Waals surface area contributed by atoms with E-state index in [9.17, 15) is 9.59 Å². The first-order chi connectivity index (χ1) is 14.0. The minimum Gasteiger partial charge on any atom is -0.375 e. The largest absolute Gasteiger partial charge is 0.375 e. The van der Waals surface area contributed by atoms with Gasteiger partial charge in [0.1, 0.15) is 6.61 Å². The summed E-state index contributed by atoms with van der Waals surface area (Å²) in [6.07, 6.45) is 0.940. The van der Waals surface area contributed by atoms with E-state index in [1.807, 2.05) is 18.2 Å². The molecule has 0 saturated carbocycles. The number of carbonyl (C=O) groups excluding carboxylic acids is 2. The summed E-state index contributed by atoms with van der Waals surface area (Å²) >= 11 is 0. The standard InChI is InChI=1S/C23H29N3O3/c1-16(2)13-24-23(28)20-12-19(25-22(27)15-29-3)8-9-21(20)26-11-10-17-6-4-5-7-18(17)14-26/h4-9,12,16H,10-11,13-15H2,1-3H3,(H,24,28)(H,25,27). The third-order valence-electron chi connectivity index (χ3n) is 4.94. The average molecular weight is 396 g/mol. The lowest BCUT2D eigenvalue weighted by atomic mass is 9.98. The molecule has 0 saturated heterocycles. The minimum absolute atomic E-state index is 0.0282. The second kappa shape index (κ2) is 9.56. The zero-order valence-corrected chi connectivity index (χ0v) is 17.3. The normalized spacial score (nSPS) is 13.2. The molecule has 0 bridgehead atoms. The summed E-state index contributed by atoms with van der Waals surface area (Å²) in [6.45, 7) is 6.29. The van der Waals surface area contributed by atoms with Gasteiger partial charge in [0, 0.05) is 38.1 Å². The summed E-state index contributed by atoms with van der Waals surface area (Å²) in [5.74, 6) is -0.0232. The summed E-state index contributed by atoms with van der Waals surface area (Å²) in [5.41, 5.74) is 4.68. The summed E-state index contributed by atoms with van der Waals surface area (Å²) in [5, 5.41) is 5.79. The molecule has 0 aliphatic carbocycles. The molecular formula is C23H29N3O3. The maximum Gasteiger partial charge on any atom is 0.253 e. The fourth-order valence-corrected chi connectivity index (χ4v) is 3.49.